The Kier molecular flexibility index (Phi) is 3.96. The molecule has 7 heteroatoms. The summed E-state index contributed by atoms with van der Waals surface area (Å²) in [7, 11) is 0. The molecule has 0 amide bonds. The van der Waals surface area contributed by atoms with Gasteiger partial charge in [0.2, 0.25) is 0 Å². The first-order valence-electron chi connectivity index (χ1n) is 6.17. The fraction of sp³-hybridized carbons (Fsp3) is 0.385. The zero-order valence-corrected chi connectivity index (χ0v) is 11.1. The third-order valence-corrected chi connectivity index (χ3v) is 2.78. The molecule has 1 N–H and O–H groups in total. The van der Waals surface area contributed by atoms with Crippen molar-refractivity contribution in [3.05, 3.63) is 42.0 Å². The number of hydrogen-bond donors (Lipinski definition) is 1. The second-order valence-corrected chi connectivity index (χ2v) is 4.65. The number of anilines is 1. The Hall–Kier alpha value is -2.05. The molecule has 0 bridgehead atoms. The van der Waals surface area contributed by atoms with E-state index in [1.165, 1.54) is 12.4 Å². The first-order valence-corrected chi connectivity index (χ1v) is 6.17. The van der Waals surface area contributed by atoms with Crippen LogP contribution in [0, 0.1) is 0 Å². The number of nitrogens with one attached hydrogen (secondary N) is 1. The molecule has 2 rings (SSSR count). The van der Waals surface area contributed by atoms with Crippen LogP contribution in [0.5, 0.6) is 0 Å². The molecule has 0 atom stereocenters. The van der Waals surface area contributed by atoms with Crippen molar-refractivity contribution >= 4 is 5.69 Å². The monoisotopic (exact) mass is 284 g/mol. The van der Waals surface area contributed by atoms with E-state index in [-0.39, 0.29) is 6.04 Å². The van der Waals surface area contributed by atoms with Gasteiger partial charge in [-0.3, -0.25) is 0 Å². The fourth-order valence-corrected chi connectivity index (χ4v) is 1.82. The van der Waals surface area contributed by atoms with Crippen LogP contribution in [0.15, 0.2) is 30.6 Å². The van der Waals surface area contributed by atoms with Crippen LogP contribution >= 0.6 is 0 Å². The Morgan fingerprint density at radius 2 is 2.05 bits per heavy atom. The van der Waals surface area contributed by atoms with E-state index in [4.69, 9.17) is 0 Å². The predicted molar refractivity (Wildman–Crippen MR) is 69.2 cm³/mol. The van der Waals surface area contributed by atoms with Gasteiger partial charge in [0.15, 0.2) is 0 Å². The Morgan fingerprint density at radius 1 is 1.30 bits per heavy atom. The van der Waals surface area contributed by atoms with Gasteiger partial charge in [-0.1, -0.05) is 6.07 Å². The van der Waals surface area contributed by atoms with Crippen molar-refractivity contribution in [2.45, 2.75) is 32.6 Å². The van der Waals surface area contributed by atoms with Gasteiger partial charge in [-0.2, -0.15) is 18.3 Å². The summed E-state index contributed by atoms with van der Waals surface area (Å²) in [4.78, 5) is 4.09. The molecule has 0 spiro atoms. The summed E-state index contributed by atoms with van der Waals surface area (Å²) in [6.07, 6.45) is -2.90. The standard InChI is InChI=1S/C13H15F3N4/c1-9(2)20-12(18-8-19-20)7-17-11-5-3-4-10(6-11)13(14,15)16/h3-6,8-9,17H,7H2,1-2H3. The van der Waals surface area contributed by atoms with E-state index in [9.17, 15) is 13.2 Å². The minimum atomic E-state index is -4.34. The highest BCUT2D eigenvalue weighted by molar-refractivity contribution is 5.46. The molecular formula is C13H15F3N4. The quantitative estimate of drug-likeness (QED) is 0.934. The zero-order chi connectivity index (χ0) is 14.8. The molecule has 0 saturated heterocycles. The van der Waals surface area contributed by atoms with Crippen molar-refractivity contribution in [3.63, 3.8) is 0 Å². The number of hydrogen-bond acceptors (Lipinski definition) is 3. The highest BCUT2D eigenvalue weighted by Crippen LogP contribution is 2.30. The van der Waals surface area contributed by atoms with E-state index in [0.29, 0.717) is 18.1 Å². The summed E-state index contributed by atoms with van der Waals surface area (Å²) in [5.74, 6) is 0.678. The molecule has 108 valence electrons. The molecule has 0 unspecified atom stereocenters. The van der Waals surface area contributed by atoms with Crippen LogP contribution in [0.1, 0.15) is 31.3 Å². The van der Waals surface area contributed by atoms with Gasteiger partial charge in [-0.05, 0) is 32.0 Å². The van der Waals surface area contributed by atoms with E-state index in [2.05, 4.69) is 15.4 Å². The first kappa shape index (κ1) is 14.4. The lowest BCUT2D eigenvalue weighted by Gasteiger charge is -2.12. The fourth-order valence-electron chi connectivity index (χ4n) is 1.82. The van der Waals surface area contributed by atoms with Crippen molar-refractivity contribution in [1.29, 1.82) is 0 Å². The third-order valence-electron chi connectivity index (χ3n) is 2.78. The smallest absolute Gasteiger partial charge is 0.378 e. The van der Waals surface area contributed by atoms with Crippen LogP contribution in [0.2, 0.25) is 0 Å². The molecule has 0 fully saturated rings. The highest BCUT2D eigenvalue weighted by atomic mass is 19.4. The molecule has 0 aliphatic rings. The van der Waals surface area contributed by atoms with Gasteiger partial charge in [0.05, 0.1) is 12.1 Å². The number of benzene rings is 1. The Labute approximate surface area is 114 Å². The topological polar surface area (TPSA) is 42.7 Å². The molecule has 1 aromatic heterocycles. The van der Waals surface area contributed by atoms with Crippen LogP contribution in [0.25, 0.3) is 0 Å². The molecule has 0 radical (unpaired) electrons. The van der Waals surface area contributed by atoms with Crippen LogP contribution in [0.3, 0.4) is 0 Å². The predicted octanol–water partition coefficient (Wildman–Crippen LogP) is 3.49. The van der Waals surface area contributed by atoms with Gasteiger partial charge in [0.1, 0.15) is 12.2 Å². The van der Waals surface area contributed by atoms with Crippen LogP contribution in [0.4, 0.5) is 18.9 Å². The maximum absolute atomic E-state index is 12.6. The minimum absolute atomic E-state index is 0.149. The van der Waals surface area contributed by atoms with Crippen molar-refractivity contribution in [3.8, 4) is 0 Å². The summed E-state index contributed by atoms with van der Waals surface area (Å²) < 4.78 is 39.5. The minimum Gasteiger partial charge on any atom is -0.378 e. The Morgan fingerprint density at radius 3 is 2.70 bits per heavy atom. The average molecular weight is 284 g/mol. The van der Waals surface area contributed by atoms with Crippen LogP contribution < -0.4 is 5.32 Å². The van der Waals surface area contributed by atoms with E-state index >= 15 is 0 Å². The van der Waals surface area contributed by atoms with Gasteiger partial charge in [0, 0.05) is 11.7 Å². The van der Waals surface area contributed by atoms with E-state index < -0.39 is 11.7 Å². The molecule has 0 aliphatic carbocycles. The average Bonchev–Trinajstić information content (AvgIpc) is 2.84. The third kappa shape index (κ3) is 3.28. The Bertz CT molecular complexity index is 575. The second-order valence-electron chi connectivity index (χ2n) is 4.65. The van der Waals surface area contributed by atoms with Crippen molar-refractivity contribution in [2.75, 3.05) is 5.32 Å². The lowest BCUT2D eigenvalue weighted by Crippen LogP contribution is -2.12. The molecule has 0 aliphatic heterocycles. The lowest BCUT2D eigenvalue weighted by atomic mass is 10.2. The Balaban J connectivity index is 2.09. The van der Waals surface area contributed by atoms with Gasteiger partial charge in [-0.15, -0.1) is 0 Å². The number of alkyl halides is 3. The largest absolute Gasteiger partial charge is 0.416 e. The van der Waals surface area contributed by atoms with Gasteiger partial charge in [-0.25, -0.2) is 9.67 Å². The maximum atomic E-state index is 12.6. The summed E-state index contributed by atoms with van der Waals surface area (Å²) in [5, 5.41) is 7.00. The van der Waals surface area contributed by atoms with Gasteiger partial charge >= 0.3 is 6.18 Å². The highest BCUT2D eigenvalue weighted by Gasteiger charge is 2.30. The lowest BCUT2D eigenvalue weighted by molar-refractivity contribution is -0.137. The van der Waals surface area contributed by atoms with Crippen LogP contribution in [-0.4, -0.2) is 14.8 Å². The molecule has 1 aromatic carbocycles. The molecule has 0 saturated carbocycles. The summed E-state index contributed by atoms with van der Waals surface area (Å²) >= 11 is 0. The van der Waals surface area contributed by atoms with Crippen molar-refractivity contribution < 1.29 is 13.2 Å². The maximum Gasteiger partial charge on any atom is 0.416 e. The number of rotatable bonds is 4. The summed E-state index contributed by atoms with van der Waals surface area (Å²) in [6.45, 7) is 4.24. The van der Waals surface area contributed by atoms with E-state index in [1.807, 2.05) is 13.8 Å². The molecule has 1 heterocycles. The summed E-state index contributed by atoms with van der Waals surface area (Å²) in [5.41, 5.74) is -0.272. The normalized spacial score (nSPS) is 11.9. The number of aromatic nitrogens is 3. The zero-order valence-electron chi connectivity index (χ0n) is 11.1. The number of nitrogens with zero attached hydrogens (tertiary/aromatic N) is 3. The molecule has 2 aromatic rings. The molecular weight excluding hydrogens is 269 g/mol. The van der Waals surface area contributed by atoms with Crippen LogP contribution in [-0.2, 0) is 12.7 Å². The van der Waals surface area contributed by atoms with Gasteiger partial charge < -0.3 is 5.32 Å². The number of halogens is 3. The molecule has 20 heavy (non-hydrogen) atoms. The SMILES string of the molecule is CC(C)n1ncnc1CNc1cccc(C(F)(F)F)c1. The van der Waals surface area contributed by atoms with Crippen molar-refractivity contribution in [1.82, 2.24) is 14.8 Å². The first-order chi connectivity index (χ1) is 9.38. The molecule has 4 nitrogen and oxygen atoms in total. The van der Waals surface area contributed by atoms with Crippen molar-refractivity contribution in [2.24, 2.45) is 0 Å². The van der Waals surface area contributed by atoms with E-state index in [0.717, 1.165) is 12.1 Å². The second kappa shape index (κ2) is 5.52. The van der Waals surface area contributed by atoms with Gasteiger partial charge in [0.25, 0.3) is 0 Å². The summed E-state index contributed by atoms with van der Waals surface area (Å²) in [6, 6.07) is 5.23. The van der Waals surface area contributed by atoms with E-state index in [1.54, 1.807) is 10.7 Å².